The minimum absolute atomic E-state index is 0.229. The largest absolute Gasteiger partial charge is 0.329 e. The van der Waals surface area contributed by atoms with Gasteiger partial charge in [-0.25, -0.2) is 0 Å². The van der Waals surface area contributed by atoms with Crippen LogP contribution in [0.15, 0.2) is 0 Å². The zero-order valence-electron chi connectivity index (χ0n) is 14.3. The van der Waals surface area contributed by atoms with Gasteiger partial charge in [-0.3, -0.25) is 4.90 Å². The monoisotopic (exact) mass is 281 g/mol. The highest BCUT2D eigenvalue weighted by Gasteiger charge is 2.50. The summed E-state index contributed by atoms with van der Waals surface area (Å²) < 4.78 is 0. The Labute approximate surface area is 125 Å². The number of hydrogen-bond donors (Lipinski definition) is 1. The van der Waals surface area contributed by atoms with Crippen molar-refractivity contribution >= 4 is 0 Å². The topological polar surface area (TPSA) is 32.5 Å². The van der Waals surface area contributed by atoms with Crippen molar-refractivity contribution < 1.29 is 0 Å². The summed E-state index contributed by atoms with van der Waals surface area (Å²) in [5.41, 5.74) is 6.93. The first-order valence-corrected chi connectivity index (χ1v) is 8.39. The Morgan fingerprint density at radius 1 is 1.25 bits per heavy atom. The fourth-order valence-corrected chi connectivity index (χ4v) is 4.85. The van der Waals surface area contributed by atoms with Crippen molar-refractivity contribution in [3.63, 3.8) is 0 Å². The molecule has 0 aromatic heterocycles. The zero-order valence-corrected chi connectivity index (χ0v) is 14.3. The van der Waals surface area contributed by atoms with Crippen LogP contribution in [-0.2, 0) is 0 Å². The van der Waals surface area contributed by atoms with Gasteiger partial charge in [0, 0.05) is 18.6 Å². The van der Waals surface area contributed by atoms with Crippen molar-refractivity contribution in [2.24, 2.45) is 23.0 Å². The maximum absolute atomic E-state index is 6.26. The molecule has 1 heterocycles. The number of rotatable bonds is 4. The van der Waals surface area contributed by atoms with Crippen molar-refractivity contribution in [3.8, 4) is 0 Å². The van der Waals surface area contributed by atoms with Crippen LogP contribution in [0.2, 0.25) is 0 Å². The third-order valence-electron chi connectivity index (χ3n) is 6.04. The third-order valence-corrected chi connectivity index (χ3v) is 6.04. The number of likely N-dealkylation sites (N-methyl/N-ethyl adjacent to an activating group) is 1. The lowest BCUT2D eigenvalue weighted by Crippen LogP contribution is -2.56. The highest BCUT2D eigenvalue weighted by molar-refractivity contribution is 5.05. The van der Waals surface area contributed by atoms with Crippen LogP contribution in [0.3, 0.4) is 0 Å². The number of piperidine rings is 1. The van der Waals surface area contributed by atoms with Gasteiger partial charge in [-0.15, -0.1) is 0 Å². The molecule has 1 saturated heterocycles. The van der Waals surface area contributed by atoms with E-state index in [-0.39, 0.29) is 5.54 Å². The van der Waals surface area contributed by atoms with E-state index in [0.717, 1.165) is 12.5 Å². The molecule has 1 aliphatic carbocycles. The van der Waals surface area contributed by atoms with Crippen molar-refractivity contribution in [2.45, 2.75) is 52.0 Å². The molecule has 2 N–H and O–H groups in total. The maximum atomic E-state index is 6.26. The molecule has 2 unspecified atom stereocenters. The second-order valence-electron chi connectivity index (χ2n) is 8.38. The molecule has 1 saturated carbocycles. The summed E-state index contributed by atoms with van der Waals surface area (Å²) in [5, 5.41) is 0. The summed E-state index contributed by atoms with van der Waals surface area (Å²) in [6.07, 6.45) is 5.25. The summed E-state index contributed by atoms with van der Waals surface area (Å²) in [6.45, 7) is 11.8. The van der Waals surface area contributed by atoms with Crippen molar-refractivity contribution in [1.82, 2.24) is 9.80 Å². The number of nitrogens with two attached hydrogens (primary N) is 1. The molecule has 2 rings (SSSR count). The van der Waals surface area contributed by atoms with Crippen LogP contribution in [0.4, 0.5) is 0 Å². The minimum atomic E-state index is 0.229. The van der Waals surface area contributed by atoms with Gasteiger partial charge < -0.3 is 10.6 Å². The van der Waals surface area contributed by atoms with E-state index >= 15 is 0 Å². The zero-order chi connectivity index (χ0) is 15.0. The molecule has 0 aromatic carbocycles. The molecule has 118 valence electrons. The van der Waals surface area contributed by atoms with E-state index < -0.39 is 0 Å². The Bertz CT molecular complexity index is 320. The standard InChI is InChI=1S/C17H35N3/c1-14-10-16(2,3)12-17(14,13-18)20(5)11-15-6-8-19(4)9-7-15/h14-15H,6-13,18H2,1-5H3. The summed E-state index contributed by atoms with van der Waals surface area (Å²) in [6, 6.07) is 0. The Balaban J connectivity index is 2.00. The lowest BCUT2D eigenvalue weighted by atomic mass is 9.83. The summed E-state index contributed by atoms with van der Waals surface area (Å²) in [7, 11) is 4.56. The second kappa shape index (κ2) is 5.94. The molecule has 0 radical (unpaired) electrons. The van der Waals surface area contributed by atoms with E-state index in [2.05, 4.69) is 44.7 Å². The van der Waals surface area contributed by atoms with E-state index in [4.69, 9.17) is 5.73 Å². The maximum Gasteiger partial charge on any atom is 0.0359 e. The first-order chi connectivity index (χ1) is 9.29. The van der Waals surface area contributed by atoms with Crippen LogP contribution in [0.1, 0.15) is 46.5 Å². The molecule has 3 nitrogen and oxygen atoms in total. The van der Waals surface area contributed by atoms with E-state index in [0.29, 0.717) is 11.3 Å². The van der Waals surface area contributed by atoms with E-state index in [9.17, 15) is 0 Å². The SMILES string of the molecule is CC1CC(C)(C)CC1(CN)N(C)CC1CCN(C)CC1. The third kappa shape index (κ3) is 3.20. The number of likely N-dealkylation sites (tertiary alicyclic amines) is 1. The number of hydrogen-bond acceptors (Lipinski definition) is 3. The Morgan fingerprint density at radius 3 is 2.30 bits per heavy atom. The molecule has 0 bridgehead atoms. The normalized spacial score (nSPS) is 35.9. The van der Waals surface area contributed by atoms with Crippen molar-refractivity contribution in [3.05, 3.63) is 0 Å². The van der Waals surface area contributed by atoms with Crippen molar-refractivity contribution in [2.75, 3.05) is 40.3 Å². The first-order valence-electron chi connectivity index (χ1n) is 8.39. The fraction of sp³-hybridized carbons (Fsp3) is 1.00. The smallest absolute Gasteiger partial charge is 0.0359 e. The molecule has 2 aliphatic rings. The molecular formula is C17H35N3. The highest BCUT2D eigenvalue weighted by Crippen LogP contribution is 2.49. The van der Waals surface area contributed by atoms with Crippen LogP contribution < -0.4 is 5.73 Å². The van der Waals surface area contributed by atoms with Gasteiger partial charge in [0.1, 0.15) is 0 Å². The molecule has 0 amide bonds. The molecular weight excluding hydrogens is 246 g/mol. The first kappa shape index (κ1) is 16.3. The van der Waals surface area contributed by atoms with Crippen LogP contribution in [0.5, 0.6) is 0 Å². The van der Waals surface area contributed by atoms with Crippen LogP contribution in [0, 0.1) is 17.3 Å². The average molecular weight is 281 g/mol. The molecule has 3 heteroatoms. The summed E-state index contributed by atoms with van der Waals surface area (Å²) >= 11 is 0. The molecule has 0 aromatic rings. The molecule has 2 atom stereocenters. The van der Waals surface area contributed by atoms with Crippen LogP contribution in [-0.4, -0.2) is 55.6 Å². The Hall–Kier alpha value is -0.120. The van der Waals surface area contributed by atoms with Gasteiger partial charge in [0.05, 0.1) is 0 Å². The lowest BCUT2D eigenvalue weighted by Gasteiger charge is -2.44. The van der Waals surface area contributed by atoms with Gasteiger partial charge in [-0.2, -0.15) is 0 Å². The minimum Gasteiger partial charge on any atom is -0.329 e. The Kier molecular flexibility index (Phi) is 4.83. The molecule has 20 heavy (non-hydrogen) atoms. The van der Waals surface area contributed by atoms with Crippen LogP contribution in [0.25, 0.3) is 0 Å². The number of nitrogens with zero attached hydrogens (tertiary/aromatic N) is 2. The summed E-state index contributed by atoms with van der Waals surface area (Å²) in [5.74, 6) is 1.56. The van der Waals surface area contributed by atoms with E-state index in [1.165, 1.54) is 45.3 Å². The van der Waals surface area contributed by atoms with E-state index in [1.807, 2.05) is 0 Å². The fourth-order valence-electron chi connectivity index (χ4n) is 4.85. The van der Waals surface area contributed by atoms with Gasteiger partial charge in [-0.1, -0.05) is 20.8 Å². The van der Waals surface area contributed by atoms with Crippen molar-refractivity contribution in [1.29, 1.82) is 0 Å². The molecule has 2 fully saturated rings. The highest BCUT2D eigenvalue weighted by atomic mass is 15.2. The van der Waals surface area contributed by atoms with Gasteiger partial charge in [0.25, 0.3) is 0 Å². The summed E-state index contributed by atoms with van der Waals surface area (Å²) in [4.78, 5) is 5.08. The van der Waals surface area contributed by atoms with Gasteiger partial charge in [0.15, 0.2) is 0 Å². The predicted molar refractivity (Wildman–Crippen MR) is 86.8 cm³/mol. The van der Waals surface area contributed by atoms with Crippen LogP contribution >= 0.6 is 0 Å². The van der Waals surface area contributed by atoms with Gasteiger partial charge in [-0.05, 0) is 70.1 Å². The predicted octanol–water partition coefficient (Wildman–Crippen LogP) is 2.41. The second-order valence-corrected chi connectivity index (χ2v) is 8.38. The lowest BCUT2D eigenvalue weighted by molar-refractivity contribution is 0.0568. The molecule has 1 aliphatic heterocycles. The molecule has 0 spiro atoms. The average Bonchev–Trinajstić information content (AvgIpc) is 2.62. The van der Waals surface area contributed by atoms with E-state index in [1.54, 1.807) is 0 Å². The quantitative estimate of drug-likeness (QED) is 0.859. The van der Waals surface area contributed by atoms with Gasteiger partial charge >= 0.3 is 0 Å². The van der Waals surface area contributed by atoms with Gasteiger partial charge in [0.2, 0.25) is 0 Å². The Morgan fingerprint density at radius 2 is 1.85 bits per heavy atom.